The van der Waals surface area contributed by atoms with Crippen LogP contribution in [0.5, 0.6) is 0 Å². The third-order valence-corrected chi connectivity index (χ3v) is 13.4. The molecule has 4 aliphatic carbocycles. The molecule has 0 aromatic heterocycles. The van der Waals surface area contributed by atoms with Gasteiger partial charge in [-0.2, -0.15) is 0 Å². The topological polar surface area (TPSA) is 29.1 Å². The van der Waals surface area contributed by atoms with E-state index in [0.717, 1.165) is 45.9 Å². The number of amides is 1. The van der Waals surface area contributed by atoms with Crippen molar-refractivity contribution in [2.75, 3.05) is 26.7 Å². The van der Waals surface area contributed by atoms with Crippen molar-refractivity contribution >= 4 is 5.91 Å². The van der Waals surface area contributed by atoms with Crippen molar-refractivity contribution in [2.24, 2.45) is 52.3 Å². The second-order valence-electron chi connectivity index (χ2n) is 16.2. The second-order valence-corrected chi connectivity index (χ2v) is 16.2. The lowest BCUT2D eigenvalue weighted by Crippen LogP contribution is -2.57. The van der Waals surface area contributed by atoms with Crippen LogP contribution in [0.25, 0.3) is 0 Å². The monoisotopic (exact) mass is 513 g/mol. The fraction of sp³-hybridized carbons (Fsp3) is 0.971. The largest absolute Gasteiger partial charge is 0.348 e. The number of quaternary nitrogens is 1. The summed E-state index contributed by atoms with van der Waals surface area (Å²) in [5.41, 5.74) is 1.11. The van der Waals surface area contributed by atoms with E-state index in [2.05, 4.69) is 47.0 Å². The predicted octanol–water partition coefficient (Wildman–Crippen LogP) is 7.83. The van der Waals surface area contributed by atoms with Crippen molar-refractivity contribution in [3.8, 4) is 0 Å². The maximum atomic E-state index is 13.1. The van der Waals surface area contributed by atoms with Gasteiger partial charge in [-0.05, 0) is 129 Å². The van der Waals surface area contributed by atoms with Gasteiger partial charge in [-0.1, -0.05) is 47.5 Å². The third kappa shape index (κ3) is 5.43. The number of nitrogens with one attached hydrogen (secondary N) is 1. The fourth-order valence-electron chi connectivity index (χ4n) is 11.2. The molecule has 9 atom stereocenters. The van der Waals surface area contributed by atoms with Gasteiger partial charge in [0.15, 0.2) is 6.54 Å². The molecule has 0 spiro atoms. The van der Waals surface area contributed by atoms with Crippen molar-refractivity contribution < 1.29 is 9.28 Å². The zero-order valence-corrected chi connectivity index (χ0v) is 25.5. The minimum Gasteiger partial charge on any atom is -0.348 e. The first-order valence-electron chi connectivity index (χ1n) is 16.7. The van der Waals surface area contributed by atoms with Crippen LogP contribution in [0.15, 0.2) is 0 Å². The standard InChI is InChI=1S/C34H60N2O/c1-24(2)10-11-25(3)29-14-15-30-28-13-12-26-22-27(35-32(37)23-36(6)20-8-7-9-21-36)16-18-33(26,4)31(28)17-19-34(29,30)5/h24-31H,7-23H2,1-6H3/p+1/t25-,26+,27+,28+,29+,30+,31+,33+,34-/m1/s1. The normalized spacial score (nSPS) is 44.0. The molecule has 1 amide bonds. The van der Waals surface area contributed by atoms with Crippen LogP contribution in [0.4, 0.5) is 0 Å². The summed E-state index contributed by atoms with van der Waals surface area (Å²) >= 11 is 0. The first kappa shape index (κ1) is 28.0. The van der Waals surface area contributed by atoms with Crippen LogP contribution in [-0.2, 0) is 4.79 Å². The Labute approximate surface area is 229 Å². The predicted molar refractivity (Wildman–Crippen MR) is 155 cm³/mol. The van der Waals surface area contributed by atoms with Gasteiger partial charge in [-0.15, -0.1) is 0 Å². The number of carbonyl (C=O) groups excluding carboxylic acids is 1. The molecule has 0 aromatic rings. The first-order valence-corrected chi connectivity index (χ1v) is 16.7. The summed E-state index contributed by atoms with van der Waals surface area (Å²) in [6.45, 7) is 15.8. The van der Waals surface area contributed by atoms with Crippen LogP contribution in [0, 0.1) is 52.3 Å². The number of hydrogen-bond acceptors (Lipinski definition) is 1. The van der Waals surface area contributed by atoms with Gasteiger partial charge in [0, 0.05) is 6.04 Å². The van der Waals surface area contributed by atoms with Crippen molar-refractivity contribution in [1.29, 1.82) is 0 Å². The van der Waals surface area contributed by atoms with Gasteiger partial charge in [-0.25, -0.2) is 0 Å². The molecule has 1 aliphatic heterocycles. The number of piperidine rings is 1. The van der Waals surface area contributed by atoms with Gasteiger partial charge in [0.2, 0.25) is 0 Å². The van der Waals surface area contributed by atoms with Crippen molar-refractivity contribution in [3.05, 3.63) is 0 Å². The van der Waals surface area contributed by atoms with E-state index in [1.165, 1.54) is 103 Å². The number of hydrogen-bond donors (Lipinski definition) is 1. The minimum atomic E-state index is 0.323. The molecular weight excluding hydrogens is 452 g/mol. The zero-order valence-electron chi connectivity index (χ0n) is 25.5. The molecule has 3 nitrogen and oxygen atoms in total. The third-order valence-electron chi connectivity index (χ3n) is 13.4. The molecule has 4 saturated carbocycles. The van der Waals surface area contributed by atoms with Gasteiger partial charge in [0.1, 0.15) is 0 Å². The number of likely N-dealkylation sites (tertiary alicyclic amines) is 1. The molecule has 5 rings (SSSR count). The van der Waals surface area contributed by atoms with E-state index in [-0.39, 0.29) is 0 Å². The lowest BCUT2D eigenvalue weighted by Gasteiger charge is -2.61. The van der Waals surface area contributed by atoms with Gasteiger partial charge in [-0.3, -0.25) is 4.79 Å². The second kappa shape index (κ2) is 10.8. The Morgan fingerprint density at radius 3 is 2.30 bits per heavy atom. The Kier molecular flexibility index (Phi) is 8.15. The van der Waals surface area contributed by atoms with Crippen molar-refractivity contribution in [3.63, 3.8) is 0 Å². The highest BCUT2D eigenvalue weighted by Gasteiger charge is 2.60. The summed E-state index contributed by atoms with van der Waals surface area (Å²) in [7, 11) is 2.30. The van der Waals surface area contributed by atoms with Crippen molar-refractivity contribution in [2.45, 2.75) is 131 Å². The van der Waals surface area contributed by atoms with Crippen molar-refractivity contribution in [1.82, 2.24) is 5.32 Å². The Balaban J connectivity index is 1.19. The van der Waals surface area contributed by atoms with Gasteiger partial charge in [0.25, 0.3) is 5.91 Å². The van der Waals surface area contributed by atoms with Crippen LogP contribution in [0.1, 0.15) is 125 Å². The summed E-state index contributed by atoms with van der Waals surface area (Å²) in [6, 6.07) is 0.421. The molecule has 37 heavy (non-hydrogen) atoms. The lowest BCUT2D eigenvalue weighted by atomic mass is 9.44. The number of nitrogens with zero attached hydrogens (tertiary/aromatic N) is 1. The first-order chi connectivity index (χ1) is 17.5. The van der Waals surface area contributed by atoms with E-state index in [1.807, 2.05) is 0 Å². The van der Waals surface area contributed by atoms with Gasteiger partial charge >= 0.3 is 0 Å². The summed E-state index contributed by atoms with van der Waals surface area (Å²) < 4.78 is 0.959. The Morgan fingerprint density at radius 1 is 0.865 bits per heavy atom. The summed E-state index contributed by atoms with van der Waals surface area (Å²) in [5, 5.41) is 3.54. The van der Waals surface area contributed by atoms with Gasteiger partial charge < -0.3 is 9.80 Å². The summed E-state index contributed by atoms with van der Waals surface area (Å²) in [5.74, 6) is 6.71. The van der Waals surface area contributed by atoms with Crippen LogP contribution < -0.4 is 5.32 Å². The average Bonchev–Trinajstić information content (AvgIpc) is 3.20. The molecule has 5 aliphatic rings. The highest BCUT2D eigenvalue weighted by molar-refractivity contribution is 5.77. The van der Waals surface area contributed by atoms with Gasteiger partial charge in [0.05, 0.1) is 20.1 Å². The molecule has 0 radical (unpaired) electrons. The van der Waals surface area contributed by atoms with Crippen LogP contribution >= 0.6 is 0 Å². The lowest BCUT2D eigenvalue weighted by molar-refractivity contribution is -0.906. The minimum absolute atomic E-state index is 0.323. The molecule has 0 unspecified atom stereocenters. The average molecular weight is 514 g/mol. The van der Waals surface area contributed by atoms with E-state index < -0.39 is 0 Å². The van der Waals surface area contributed by atoms with E-state index in [0.29, 0.717) is 29.3 Å². The summed E-state index contributed by atoms with van der Waals surface area (Å²) in [6.07, 6.45) is 19.4. The Morgan fingerprint density at radius 2 is 1.57 bits per heavy atom. The number of rotatable bonds is 7. The number of likely N-dealkylation sites (N-methyl/N-ethyl adjacent to an activating group) is 1. The smallest absolute Gasteiger partial charge is 0.275 e. The van der Waals surface area contributed by atoms with Crippen LogP contribution in [0.2, 0.25) is 0 Å². The van der Waals surface area contributed by atoms with E-state index >= 15 is 0 Å². The zero-order chi connectivity index (χ0) is 26.4. The molecule has 1 heterocycles. The van der Waals surface area contributed by atoms with E-state index in [4.69, 9.17) is 0 Å². The SMILES string of the molecule is CC(C)CC[C@@H](C)[C@@H]1CC[C@H]2[C@@H]3CC[C@H]4C[C@@H](NC(=O)C[N+]5(C)CCCCC5)CC[C@]4(C)[C@H]3CC[C@@]21C. The molecule has 1 N–H and O–H groups in total. The highest BCUT2D eigenvalue weighted by Crippen LogP contribution is 2.68. The quantitative estimate of drug-likeness (QED) is 0.345. The summed E-state index contributed by atoms with van der Waals surface area (Å²) in [4.78, 5) is 13.1. The maximum absolute atomic E-state index is 13.1. The maximum Gasteiger partial charge on any atom is 0.275 e. The fourth-order valence-corrected chi connectivity index (χ4v) is 11.2. The van der Waals surface area contributed by atoms with E-state index in [9.17, 15) is 4.79 Å². The molecule has 1 saturated heterocycles. The number of fused-ring (bicyclic) bond motifs is 5. The Bertz CT molecular complexity index is 802. The Hall–Kier alpha value is -0.570. The van der Waals surface area contributed by atoms with E-state index in [1.54, 1.807) is 0 Å². The van der Waals surface area contributed by atoms with Crippen LogP contribution in [-0.4, -0.2) is 43.1 Å². The number of carbonyl (C=O) groups is 1. The van der Waals surface area contributed by atoms with Crippen LogP contribution in [0.3, 0.4) is 0 Å². The molecule has 3 heteroatoms. The molecular formula is C34H61N2O+. The molecule has 0 bridgehead atoms. The molecule has 0 aromatic carbocycles. The molecule has 5 fully saturated rings. The highest BCUT2D eigenvalue weighted by atomic mass is 16.2. The molecule has 212 valence electrons.